The van der Waals surface area contributed by atoms with Gasteiger partial charge in [-0.05, 0) is 55.7 Å². The maximum absolute atomic E-state index is 12.9. The van der Waals surface area contributed by atoms with Crippen LogP contribution < -0.4 is 4.74 Å². The quantitative estimate of drug-likeness (QED) is 0.285. The highest BCUT2D eigenvalue weighted by Gasteiger charge is 2.24. The number of benzene rings is 1. The van der Waals surface area contributed by atoms with E-state index >= 15 is 0 Å². The lowest BCUT2D eigenvalue weighted by Crippen LogP contribution is -2.28. The van der Waals surface area contributed by atoms with E-state index in [1.807, 2.05) is 60.2 Å². The first-order chi connectivity index (χ1) is 17.1. The van der Waals surface area contributed by atoms with Crippen molar-refractivity contribution in [1.29, 1.82) is 0 Å². The SMILES string of the molecule is CCO[C@@H](Cc1ccc(OCCn2ccc3ccc(C(=O)C4CCCCC4)nc32)cc1)C(=O)OC. The minimum Gasteiger partial charge on any atom is -0.492 e. The molecule has 186 valence electrons. The van der Waals surface area contributed by atoms with Gasteiger partial charge in [0, 0.05) is 30.5 Å². The van der Waals surface area contributed by atoms with Crippen molar-refractivity contribution in [2.45, 2.75) is 58.1 Å². The Kier molecular flexibility index (Phi) is 8.53. The van der Waals surface area contributed by atoms with Gasteiger partial charge >= 0.3 is 5.97 Å². The molecule has 1 atom stereocenters. The Labute approximate surface area is 206 Å². The van der Waals surface area contributed by atoms with Gasteiger partial charge in [0.15, 0.2) is 11.9 Å². The summed E-state index contributed by atoms with van der Waals surface area (Å²) in [5.41, 5.74) is 2.35. The monoisotopic (exact) mass is 478 g/mol. The van der Waals surface area contributed by atoms with Crippen LogP contribution in [0.3, 0.4) is 0 Å². The number of ether oxygens (including phenoxy) is 3. The van der Waals surface area contributed by atoms with Gasteiger partial charge < -0.3 is 18.8 Å². The van der Waals surface area contributed by atoms with Crippen molar-refractivity contribution < 1.29 is 23.8 Å². The minimum absolute atomic E-state index is 0.111. The second-order valence-corrected chi connectivity index (χ2v) is 8.98. The molecule has 0 spiro atoms. The summed E-state index contributed by atoms with van der Waals surface area (Å²) in [6, 6.07) is 13.5. The van der Waals surface area contributed by atoms with Crippen LogP contribution in [0.2, 0.25) is 0 Å². The zero-order chi connectivity index (χ0) is 24.6. The number of ketones is 1. The summed E-state index contributed by atoms with van der Waals surface area (Å²) in [5.74, 6) is 0.662. The van der Waals surface area contributed by atoms with Crippen molar-refractivity contribution >= 4 is 22.8 Å². The second kappa shape index (κ2) is 12.0. The standard InChI is InChI=1S/C28H34N2O5/c1-3-34-25(28(32)33-2)19-20-9-12-23(13-10-20)35-18-17-30-16-15-22-11-14-24(29-27(22)30)26(31)21-7-5-4-6-8-21/h9-16,21,25H,3-8,17-19H2,1-2H3/t25-/m0/s1. The van der Waals surface area contributed by atoms with Gasteiger partial charge in [0.1, 0.15) is 23.7 Å². The summed E-state index contributed by atoms with van der Waals surface area (Å²) in [7, 11) is 1.37. The molecule has 0 bridgehead atoms. The van der Waals surface area contributed by atoms with Crippen LogP contribution in [0.15, 0.2) is 48.7 Å². The highest BCUT2D eigenvalue weighted by molar-refractivity contribution is 5.97. The summed E-state index contributed by atoms with van der Waals surface area (Å²) in [4.78, 5) is 29.5. The van der Waals surface area contributed by atoms with Gasteiger partial charge in [-0.3, -0.25) is 4.79 Å². The van der Waals surface area contributed by atoms with Crippen molar-refractivity contribution in [2.24, 2.45) is 5.92 Å². The normalized spacial score (nSPS) is 15.1. The zero-order valence-electron chi connectivity index (χ0n) is 20.6. The fourth-order valence-electron chi connectivity index (χ4n) is 4.69. The Morgan fingerprint density at radius 3 is 2.54 bits per heavy atom. The fourth-order valence-corrected chi connectivity index (χ4v) is 4.69. The molecule has 3 aromatic rings. The largest absolute Gasteiger partial charge is 0.492 e. The van der Waals surface area contributed by atoms with Crippen molar-refractivity contribution in [3.63, 3.8) is 0 Å². The van der Waals surface area contributed by atoms with Gasteiger partial charge in [-0.25, -0.2) is 9.78 Å². The number of hydrogen-bond donors (Lipinski definition) is 0. The van der Waals surface area contributed by atoms with Gasteiger partial charge in [-0.2, -0.15) is 0 Å². The number of carbonyl (C=O) groups excluding carboxylic acids is 2. The average Bonchev–Trinajstić information content (AvgIpc) is 3.31. The Bertz CT molecular complexity index is 1130. The molecule has 0 aliphatic heterocycles. The number of aromatic nitrogens is 2. The number of rotatable bonds is 11. The van der Waals surface area contributed by atoms with Crippen molar-refractivity contribution in [1.82, 2.24) is 9.55 Å². The van der Waals surface area contributed by atoms with Crippen molar-refractivity contribution in [3.8, 4) is 5.75 Å². The minimum atomic E-state index is -0.610. The van der Waals surface area contributed by atoms with E-state index in [1.165, 1.54) is 13.5 Å². The van der Waals surface area contributed by atoms with Crippen LogP contribution in [0.5, 0.6) is 5.75 Å². The Balaban J connectivity index is 1.35. The highest BCUT2D eigenvalue weighted by atomic mass is 16.6. The summed E-state index contributed by atoms with van der Waals surface area (Å²) in [6.07, 6.45) is 7.26. The average molecular weight is 479 g/mol. The third kappa shape index (κ3) is 6.28. The third-order valence-corrected chi connectivity index (χ3v) is 6.62. The Morgan fingerprint density at radius 2 is 1.83 bits per heavy atom. The number of nitrogens with zero attached hydrogens (tertiary/aromatic N) is 2. The van der Waals surface area contributed by atoms with Crippen LogP contribution in [0.25, 0.3) is 11.0 Å². The van der Waals surface area contributed by atoms with Crippen molar-refractivity contribution in [2.75, 3.05) is 20.3 Å². The van der Waals surface area contributed by atoms with E-state index < -0.39 is 6.10 Å². The third-order valence-electron chi connectivity index (χ3n) is 6.62. The van der Waals surface area contributed by atoms with E-state index in [0.29, 0.717) is 31.9 Å². The maximum Gasteiger partial charge on any atom is 0.335 e. The predicted octanol–water partition coefficient (Wildman–Crippen LogP) is 5.00. The van der Waals surface area contributed by atoms with E-state index in [-0.39, 0.29) is 17.7 Å². The van der Waals surface area contributed by atoms with Gasteiger partial charge in [0.2, 0.25) is 0 Å². The van der Waals surface area contributed by atoms with Crippen molar-refractivity contribution in [3.05, 3.63) is 59.9 Å². The van der Waals surface area contributed by atoms with Crippen LogP contribution >= 0.6 is 0 Å². The molecular formula is C28H34N2O5. The molecule has 1 fully saturated rings. The summed E-state index contributed by atoms with van der Waals surface area (Å²) in [5, 5.41) is 1.02. The first-order valence-electron chi connectivity index (χ1n) is 12.5. The summed E-state index contributed by atoms with van der Waals surface area (Å²) < 4.78 is 18.3. The van der Waals surface area contributed by atoms with Crippen LogP contribution in [0.1, 0.15) is 55.1 Å². The molecule has 0 amide bonds. The molecule has 2 heterocycles. The van der Waals surface area contributed by atoms with Gasteiger partial charge in [0.05, 0.1) is 13.7 Å². The lowest BCUT2D eigenvalue weighted by atomic mass is 9.85. The van der Waals surface area contributed by atoms with E-state index in [1.54, 1.807) is 0 Å². The molecule has 2 aromatic heterocycles. The first-order valence-corrected chi connectivity index (χ1v) is 12.5. The smallest absolute Gasteiger partial charge is 0.335 e. The number of hydrogen-bond acceptors (Lipinski definition) is 6. The van der Waals surface area contributed by atoms with E-state index in [2.05, 4.69) is 0 Å². The molecule has 0 radical (unpaired) electrons. The molecule has 7 nitrogen and oxygen atoms in total. The molecule has 0 saturated heterocycles. The molecule has 4 rings (SSSR count). The fraction of sp³-hybridized carbons (Fsp3) is 0.464. The molecule has 35 heavy (non-hydrogen) atoms. The molecule has 0 unspecified atom stereocenters. The van der Waals surface area contributed by atoms with Gasteiger partial charge in [-0.1, -0.05) is 31.4 Å². The maximum atomic E-state index is 12.9. The number of esters is 1. The number of fused-ring (bicyclic) bond motifs is 1. The lowest BCUT2D eigenvalue weighted by molar-refractivity contribution is -0.153. The molecule has 1 saturated carbocycles. The first kappa shape index (κ1) is 24.9. The molecule has 1 aliphatic carbocycles. The Hall–Kier alpha value is -3.19. The highest BCUT2D eigenvalue weighted by Crippen LogP contribution is 2.27. The molecular weight excluding hydrogens is 444 g/mol. The second-order valence-electron chi connectivity index (χ2n) is 8.98. The summed E-state index contributed by atoms with van der Waals surface area (Å²) in [6.45, 7) is 3.38. The van der Waals surface area contributed by atoms with Crippen LogP contribution in [-0.4, -0.2) is 47.7 Å². The molecule has 1 aromatic carbocycles. The number of Topliss-reactive ketones (excluding diaryl/α,β-unsaturated/α-hetero) is 1. The van der Waals surface area contributed by atoms with Crippen LogP contribution in [0.4, 0.5) is 0 Å². The zero-order valence-corrected chi connectivity index (χ0v) is 20.6. The topological polar surface area (TPSA) is 79.7 Å². The van der Waals surface area contributed by atoms with Crippen LogP contribution in [-0.2, 0) is 27.2 Å². The molecule has 0 N–H and O–H groups in total. The van der Waals surface area contributed by atoms with E-state index in [9.17, 15) is 9.59 Å². The van der Waals surface area contributed by atoms with Crippen LogP contribution in [0, 0.1) is 5.92 Å². The summed E-state index contributed by atoms with van der Waals surface area (Å²) >= 11 is 0. The lowest BCUT2D eigenvalue weighted by Gasteiger charge is -2.19. The number of pyridine rings is 1. The number of carbonyl (C=O) groups is 2. The molecule has 1 aliphatic rings. The van der Waals surface area contributed by atoms with Gasteiger partial charge in [-0.15, -0.1) is 0 Å². The molecule has 7 heteroatoms. The Morgan fingerprint density at radius 1 is 1.06 bits per heavy atom. The predicted molar refractivity (Wildman–Crippen MR) is 134 cm³/mol. The van der Waals surface area contributed by atoms with Gasteiger partial charge in [0.25, 0.3) is 0 Å². The van der Waals surface area contributed by atoms with E-state index in [0.717, 1.165) is 48.0 Å². The van der Waals surface area contributed by atoms with E-state index in [4.69, 9.17) is 19.2 Å². The number of methoxy groups -OCH3 is 1.